The van der Waals surface area contributed by atoms with Crippen LogP contribution in [0.15, 0.2) is 42.5 Å². The number of halogens is 1. The molecule has 0 bridgehead atoms. The van der Waals surface area contributed by atoms with Gasteiger partial charge in [-0.25, -0.2) is 9.37 Å². The van der Waals surface area contributed by atoms with Gasteiger partial charge in [-0.1, -0.05) is 18.2 Å². The first kappa shape index (κ1) is 12.6. The van der Waals surface area contributed by atoms with Gasteiger partial charge in [0.05, 0.1) is 23.3 Å². The summed E-state index contributed by atoms with van der Waals surface area (Å²) in [6.07, 6.45) is 0. The van der Waals surface area contributed by atoms with E-state index in [9.17, 15) is 9.50 Å². The maximum atomic E-state index is 13.6. The van der Waals surface area contributed by atoms with Gasteiger partial charge in [0, 0.05) is 12.1 Å². The van der Waals surface area contributed by atoms with Gasteiger partial charge in [-0.3, -0.25) is 0 Å². The van der Waals surface area contributed by atoms with Crippen LogP contribution in [-0.2, 0) is 6.54 Å². The van der Waals surface area contributed by atoms with E-state index in [1.54, 1.807) is 12.1 Å². The standard InChI is InChI=1S/C15H14FN3O/c16-11-5-3-4-10(14(11)17)15-18-12-6-1-2-7-13(12)19(15)8-9-20/h1-7,20H,8-9,17H2. The summed E-state index contributed by atoms with van der Waals surface area (Å²) < 4.78 is 15.5. The van der Waals surface area contributed by atoms with Crippen LogP contribution in [0.3, 0.4) is 0 Å². The fraction of sp³-hybridized carbons (Fsp3) is 0.133. The van der Waals surface area contributed by atoms with Crippen LogP contribution in [0.4, 0.5) is 10.1 Å². The molecule has 2 aromatic carbocycles. The van der Waals surface area contributed by atoms with Crippen molar-refractivity contribution in [2.75, 3.05) is 12.3 Å². The van der Waals surface area contributed by atoms with Crippen molar-refractivity contribution in [1.82, 2.24) is 9.55 Å². The lowest BCUT2D eigenvalue weighted by Crippen LogP contribution is -2.06. The first-order valence-electron chi connectivity index (χ1n) is 6.33. The van der Waals surface area contributed by atoms with E-state index in [0.717, 1.165) is 11.0 Å². The summed E-state index contributed by atoms with van der Waals surface area (Å²) in [4.78, 5) is 4.51. The van der Waals surface area contributed by atoms with Crippen molar-refractivity contribution in [2.24, 2.45) is 0 Å². The second kappa shape index (κ2) is 4.94. The van der Waals surface area contributed by atoms with E-state index in [1.165, 1.54) is 6.07 Å². The zero-order chi connectivity index (χ0) is 14.1. The molecule has 1 aromatic heterocycles. The molecular formula is C15H14FN3O. The normalized spacial score (nSPS) is 11.1. The van der Waals surface area contributed by atoms with Gasteiger partial charge in [0.1, 0.15) is 11.6 Å². The molecule has 3 N–H and O–H groups in total. The largest absolute Gasteiger partial charge is 0.396 e. The predicted molar refractivity (Wildman–Crippen MR) is 76.6 cm³/mol. The Bertz CT molecular complexity index is 767. The van der Waals surface area contributed by atoms with Gasteiger partial charge in [0.2, 0.25) is 0 Å². The minimum atomic E-state index is -0.467. The van der Waals surface area contributed by atoms with Crippen LogP contribution in [-0.4, -0.2) is 21.3 Å². The number of nitrogens with two attached hydrogens (primary N) is 1. The molecule has 0 aliphatic heterocycles. The van der Waals surface area contributed by atoms with Crippen LogP contribution in [0.5, 0.6) is 0 Å². The average molecular weight is 271 g/mol. The summed E-state index contributed by atoms with van der Waals surface area (Å²) in [6, 6.07) is 12.2. The highest BCUT2D eigenvalue weighted by atomic mass is 19.1. The van der Waals surface area contributed by atoms with Crippen molar-refractivity contribution < 1.29 is 9.50 Å². The molecule has 5 heteroatoms. The molecule has 1 heterocycles. The molecule has 0 fully saturated rings. The fourth-order valence-electron chi connectivity index (χ4n) is 2.34. The molecule has 0 saturated carbocycles. The van der Waals surface area contributed by atoms with Crippen molar-refractivity contribution in [3.05, 3.63) is 48.3 Å². The third-order valence-electron chi connectivity index (χ3n) is 3.27. The van der Waals surface area contributed by atoms with E-state index in [4.69, 9.17) is 5.73 Å². The van der Waals surface area contributed by atoms with Gasteiger partial charge in [-0.2, -0.15) is 0 Å². The summed E-state index contributed by atoms with van der Waals surface area (Å²) >= 11 is 0. The Balaban J connectivity index is 2.29. The summed E-state index contributed by atoms with van der Waals surface area (Å²) in [7, 11) is 0. The number of hydrogen-bond acceptors (Lipinski definition) is 3. The molecule has 0 atom stereocenters. The minimum absolute atomic E-state index is 0.0252. The molecule has 0 radical (unpaired) electrons. The number of para-hydroxylation sites is 3. The van der Waals surface area contributed by atoms with Crippen molar-refractivity contribution in [3.8, 4) is 11.4 Å². The Labute approximate surface area is 115 Å². The van der Waals surface area contributed by atoms with Gasteiger partial charge in [-0.15, -0.1) is 0 Å². The summed E-state index contributed by atoms with van der Waals surface area (Å²) in [6.45, 7) is 0.356. The Kier molecular flexibility index (Phi) is 3.12. The Morgan fingerprint density at radius 2 is 1.95 bits per heavy atom. The SMILES string of the molecule is Nc1c(F)cccc1-c1nc2ccccc2n1CCO. The Morgan fingerprint density at radius 3 is 2.75 bits per heavy atom. The topological polar surface area (TPSA) is 64.1 Å². The van der Waals surface area contributed by atoms with Crippen molar-refractivity contribution in [2.45, 2.75) is 6.54 Å². The summed E-state index contributed by atoms with van der Waals surface area (Å²) in [5.74, 6) is 0.0994. The summed E-state index contributed by atoms with van der Waals surface area (Å²) in [5, 5.41) is 9.24. The molecule has 0 unspecified atom stereocenters. The van der Waals surface area contributed by atoms with Gasteiger partial charge < -0.3 is 15.4 Å². The van der Waals surface area contributed by atoms with E-state index in [0.29, 0.717) is 17.9 Å². The van der Waals surface area contributed by atoms with Crippen LogP contribution in [0.25, 0.3) is 22.4 Å². The Hall–Kier alpha value is -2.40. The average Bonchev–Trinajstić information content (AvgIpc) is 2.81. The summed E-state index contributed by atoms with van der Waals surface area (Å²) in [5.41, 5.74) is 8.10. The van der Waals surface area contributed by atoms with Crippen molar-refractivity contribution in [1.29, 1.82) is 0 Å². The molecule has 0 aliphatic carbocycles. The second-order valence-electron chi connectivity index (χ2n) is 4.50. The van der Waals surface area contributed by atoms with Gasteiger partial charge in [-0.05, 0) is 24.3 Å². The maximum absolute atomic E-state index is 13.6. The smallest absolute Gasteiger partial charge is 0.146 e. The van der Waals surface area contributed by atoms with E-state index < -0.39 is 5.82 Å². The lowest BCUT2D eigenvalue weighted by atomic mass is 10.1. The minimum Gasteiger partial charge on any atom is -0.396 e. The second-order valence-corrected chi connectivity index (χ2v) is 4.50. The van der Waals surface area contributed by atoms with E-state index in [-0.39, 0.29) is 12.3 Å². The number of rotatable bonds is 3. The highest BCUT2D eigenvalue weighted by molar-refractivity contribution is 5.83. The molecule has 0 aliphatic rings. The monoisotopic (exact) mass is 271 g/mol. The van der Waals surface area contributed by atoms with Crippen LogP contribution >= 0.6 is 0 Å². The predicted octanol–water partition coefficient (Wildman–Crippen LogP) is 2.42. The zero-order valence-corrected chi connectivity index (χ0v) is 10.8. The third kappa shape index (κ3) is 1.92. The molecule has 0 spiro atoms. The lowest BCUT2D eigenvalue weighted by molar-refractivity contribution is 0.278. The number of imidazole rings is 1. The Morgan fingerprint density at radius 1 is 1.15 bits per heavy atom. The number of hydrogen-bond donors (Lipinski definition) is 2. The number of nitrogen functional groups attached to an aromatic ring is 1. The lowest BCUT2D eigenvalue weighted by Gasteiger charge is -2.09. The highest BCUT2D eigenvalue weighted by Crippen LogP contribution is 2.30. The number of aliphatic hydroxyl groups is 1. The quantitative estimate of drug-likeness (QED) is 0.719. The maximum Gasteiger partial charge on any atom is 0.146 e. The molecule has 102 valence electrons. The molecule has 0 saturated heterocycles. The molecular weight excluding hydrogens is 257 g/mol. The molecule has 4 nitrogen and oxygen atoms in total. The molecule has 20 heavy (non-hydrogen) atoms. The first-order chi connectivity index (χ1) is 9.72. The van der Waals surface area contributed by atoms with Gasteiger partial charge >= 0.3 is 0 Å². The zero-order valence-electron chi connectivity index (χ0n) is 10.8. The highest BCUT2D eigenvalue weighted by Gasteiger charge is 2.15. The fourth-order valence-corrected chi connectivity index (χ4v) is 2.34. The number of fused-ring (bicyclic) bond motifs is 1. The van der Waals surface area contributed by atoms with E-state index in [2.05, 4.69) is 4.98 Å². The molecule has 3 rings (SSSR count). The number of benzene rings is 2. The van der Waals surface area contributed by atoms with Gasteiger partial charge in [0.25, 0.3) is 0 Å². The number of nitrogens with zero attached hydrogens (tertiary/aromatic N) is 2. The van der Waals surface area contributed by atoms with Crippen LogP contribution < -0.4 is 5.73 Å². The van der Waals surface area contributed by atoms with Crippen LogP contribution in [0.1, 0.15) is 0 Å². The number of anilines is 1. The van der Waals surface area contributed by atoms with Crippen molar-refractivity contribution >= 4 is 16.7 Å². The molecule has 0 amide bonds. The first-order valence-corrected chi connectivity index (χ1v) is 6.33. The third-order valence-corrected chi connectivity index (χ3v) is 3.27. The van der Waals surface area contributed by atoms with Gasteiger partial charge in [0.15, 0.2) is 0 Å². The van der Waals surface area contributed by atoms with Crippen molar-refractivity contribution in [3.63, 3.8) is 0 Å². The van der Waals surface area contributed by atoms with Crippen LogP contribution in [0, 0.1) is 5.82 Å². The molecule has 3 aromatic rings. The number of aromatic nitrogens is 2. The van der Waals surface area contributed by atoms with E-state index in [1.807, 2.05) is 28.8 Å². The number of aliphatic hydroxyl groups excluding tert-OH is 1. The van der Waals surface area contributed by atoms with Crippen LogP contribution in [0.2, 0.25) is 0 Å². The van der Waals surface area contributed by atoms with E-state index >= 15 is 0 Å².